The molecule has 0 unspecified atom stereocenters. The molecule has 3 rings (SSSR count). The molecule has 0 atom stereocenters. The molecule has 0 bridgehead atoms. The van der Waals surface area contributed by atoms with E-state index in [4.69, 9.17) is 0 Å². The normalized spacial score (nSPS) is 10.5. The smallest absolute Gasteiger partial charge is 0.252 e. The van der Waals surface area contributed by atoms with Crippen LogP contribution < -0.4 is 5.32 Å². The first kappa shape index (κ1) is 13.5. The lowest BCUT2D eigenvalue weighted by atomic mass is 10.2. The minimum Gasteiger partial charge on any atom is -0.352 e. The van der Waals surface area contributed by atoms with Gasteiger partial charge in [-0.3, -0.25) is 9.36 Å². The molecule has 1 N–H and O–H groups in total. The number of carbonyl (C=O) groups is 1. The lowest BCUT2D eigenvalue weighted by Gasteiger charge is -2.05. The highest BCUT2D eigenvalue weighted by Crippen LogP contribution is 2.09. The highest BCUT2D eigenvalue weighted by atomic mass is 32.1. The van der Waals surface area contributed by atoms with E-state index in [1.165, 1.54) is 4.88 Å². The second-order valence-electron chi connectivity index (χ2n) is 4.46. The van der Waals surface area contributed by atoms with Crippen molar-refractivity contribution in [1.82, 2.24) is 19.9 Å². The van der Waals surface area contributed by atoms with Crippen molar-refractivity contribution in [3.8, 4) is 5.82 Å². The molecule has 21 heavy (non-hydrogen) atoms. The van der Waals surface area contributed by atoms with Crippen molar-refractivity contribution in [3.63, 3.8) is 0 Å². The first-order valence-electron chi connectivity index (χ1n) is 6.58. The molecular weight excluding hydrogens is 284 g/mol. The van der Waals surface area contributed by atoms with Gasteiger partial charge in [0.25, 0.3) is 5.91 Å². The van der Waals surface area contributed by atoms with Gasteiger partial charge in [0.15, 0.2) is 0 Å². The second kappa shape index (κ2) is 6.32. The molecule has 3 heterocycles. The Hall–Kier alpha value is -2.47. The van der Waals surface area contributed by atoms with Crippen LogP contribution in [0.3, 0.4) is 0 Å². The first-order valence-corrected chi connectivity index (χ1v) is 7.46. The van der Waals surface area contributed by atoms with Crippen molar-refractivity contribution < 1.29 is 4.79 Å². The Bertz CT molecular complexity index is 690. The summed E-state index contributed by atoms with van der Waals surface area (Å²) >= 11 is 1.70. The highest BCUT2D eigenvalue weighted by molar-refractivity contribution is 7.09. The third-order valence-corrected chi connectivity index (χ3v) is 3.95. The topological polar surface area (TPSA) is 59.8 Å². The van der Waals surface area contributed by atoms with Gasteiger partial charge in [-0.15, -0.1) is 11.3 Å². The zero-order valence-electron chi connectivity index (χ0n) is 11.3. The van der Waals surface area contributed by atoms with E-state index in [-0.39, 0.29) is 5.91 Å². The van der Waals surface area contributed by atoms with Gasteiger partial charge in [0.2, 0.25) is 0 Å². The monoisotopic (exact) mass is 298 g/mol. The third kappa shape index (κ3) is 3.35. The quantitative estimate of drug-likeness (QED) is 0.786. The summed E-state index contributed by atoms with van der Waals surface area (Å²) in [5.74, 6) is 0.638. The molecule has 5 nitrogen and oxygen atoms in total. The number of imidazole rings is 1. The molecule has 106 valence electrons. The summed E-state index contributed by atoms with van der Waals surface area (Å²) in [6.45, 7) is 0.628. The molecule has 0 saturated carbocycles. The van der Waals surface area contributed by atoms with Gasteiger partial charge in [-0.1, -0.05) is 6.07 Å². The lowest BCUT2D eigenvalue weighted by Crippen LogP contribution is -2.25. The molecule has 0 fully saturated rings. The summed E-state index contributed by atoms with van der Waals surface area (Å²) in [7, 11) is 0. The molecule has 0 radical (unpaired) electrons. The van der Waals surface area contributed by atoms with Gasteiger partial charge in [-0.2, -0.15) is 0 Å². The van der Waals surface area contributed by atoms with Gasteiger partial charge in [0.05, 0.1) is 5.56 Å². The standard InChI is InChI=1S/C15H14N4OS/c20-15(17-6-5-13-2-1-9-21-13)12-3-4-14(18-10-12)19-8-7-16-11-19/h1-4,7-11H,5-6H2,(H,17,20). The Morgan fingerprint density at radius 2 is 2.29 bits per heavy atom. The van der Waals surface area contributed by atoms with Gasteiger partial charge in [0.1, 0.15) is 12.1 Å². The zero-order chi connectivity index (χ0) is 14.5. The van der Waals surface area contributed by atoms with E-state index in [0.29, 0.717) is 12.1 Å². The number of thiophene rings is 1. The summed E-state index contributed by atoms with van der Waals surface area (Å²) in [5.41, 5.74) is 0.560. The number of amides is 1. The highest BCUT2D eigenvalue weighted by Gasteiger charge is 2.06. The Morgan fingerprint density at radius 3 is 2.95 bits per heavy atom. The van der Waals surface area contributed by atoms with E-state index in [1.807, 2.05) is 17.6 Å². The Kier molecular flexibility index (Phi) is 4.07. The number of rotatable bonds is 5. The summed E-state index contributed by atoms with van der Waals surface area (Å²) in [6, 6.07) is 7.65. The number of aromatic nitrogens is 3. The molecule has 0 aliphatic rings. The predicted molar refractivity (Wildman–Crippen MR) is 81.7 cm³/mol. The third-order valence-electron chi connectivity index (χ3n) is 3.02. The van der Waals surface area contributed by atoms with Crippen LogP contribution in [0.2, 0.25) is 0 Å². The van der Waals surface area contributed by atoms with Crippen LogP contribution in [-0.4, -0.2) is 27.0 Å². The number of nitrogens with one attached hydrogen (secondary N) is 1. The van der Waals surface area contributed by atoms with Crippen LogP contribution in [0.1, 0.15) is 15.2 Å². The molecule has 3 aromatic heterocycles. The van der Waals surface area contributed by atoms with E-state index < -0.39 is 0 Å². The fourth-order valence-corrected chi connectivity index (χ4v) is 2.63. The summed E-state index contributed by atoms with van der Waals surface area (Å²) < 4.78 is 1.79. The van der Waals surface area contributed by atoms with Crippen molar-refractivity contribution in [2.75, 3.05) is 6.54 Å². The predicted octanol–water partition coefficient (Wildman–Crippen LogP) is 2.30. The van der Waals surface area contributed by atoms with Gasteiger partial charge in [-0.25, -0.2) is 9.97 Å². The fourth-order valence-electron chi connectivity index (χ4n) is 1.92. The van der Waals surface area contributed by atoms with Crippen LogP contribution in [-0.2, 0) is 6.42 Å². The van der Waals surface area contributed by atoms with Gasteiger partial charge in [-0.05, 0) is 30.0 Å². The van der Waals surface area contributed by atoms with Crippen molar-refractivity contribution in [2.24, 2.45) is 0 Å². The summed E-state index contributed by atoms with van der Waals surface area (Å²) in [5, 5.41) is 4.94. The maximum Gasteiger partial charge on any atom is 0.252 e. The van der Waals surface area contributed by atoms with Crippen molar-refractivity contribution in [3.05, 3.63) is 65.0 Å². The van der Waals surface area contributed by atoms with Gasteiger partial charge >= 0.3 is 0 Å². The number of carbonyl (C=O) groups excluding carboxylic acids is 1. The molecule has 0 aliphatic heterocycles. The molecular formula is C15H14N4OS. The Balaban J connectivity index is 1.57. The number of hydrogen-bond acceptors (Lipinski definition) is 4. The van der Waals surface area contributed by atoms with E-state index in [0.717, 1.165) is 12.2 Å². The number of pyridine rings is 1. The van der Waals surface area contributed by atoms with Crippen LogP contribution in [0.5, 0.6) is 0 Å². The van der Waals surface area contributed by atoms with Gasteiger partial charge in [0, 0.05) is 30.0 Å². The zero-order valence-corrected chi connectivity index (χ0v) is 12.1. The van der Waals surface area contributed by atoms with E-state index in [2.05, 4.69) is 21.4 Å². The SMILES string of the molecule is O=C(NCCc1cccs1)c1ccc(-n2ccnc2)nc1. The molecule has 0 saturated heterocycles. The minimum atomic E-state index is -0.101. The maximum atomic E-state index is 12.0. The maximum absolute atomic E-state index is 12.0. The summed E-state index contributed by atoms with van der Waals surface area (Å²) in [6.07, 6.45) is 7.60. The molecule has 0 spiro atoms. The average Bonchev–Trinajstić information content (AvgIpc) is 3.21. The molecule has 6 heteroatoms. The second-order valence-corrected chi connectivity index (χ2v) is 5.49. The van der Waals surface area contributed by atoms with Crippen molar-refractivity contribution >= 4 is 17.2 Å². The number of nitrogens with zero attached hydrogens (tertiary/aromatic N) is 3. The Labute approximate surface area is 126 Å². The van der Waals surface area contributed by atoms with Crippen LogP contribution in [0.25, 0.3) is 5.82 Å². The van der Waals surface area contributed by atoms with Gasteiger partial charge < -0.3 is 5.32 Å². The molecule has 3 aromatic rings. The van der Waals surface area contributed by atoms with E-state index in [9.17, 15) is 4.79 Å². The van der Waals surface area contributed by atoms with Crippen molar-refractivity contribution in [2.45, 2.75) is 6.42 Å². The van der Waals surface area contributed by atoms with Crippen LogP contribution in [0.15, 0.2) is 54.6 Å². The molecule has 0 aliphatic carbocycles. The Morgan fingerprint density at radius 1 is 1.33 bits per heavy atom. The minimum absolute atomic E-state index is 0.101. The molecule has 0 aromatic carbocycles. The van der Waals surface area contributed by atoms with Crippen molar-refractivity contribution in [1.29, 1.82) is 0 Å². The van der Waals surface area contributed by atoms with Crippen LogP contribution in [0.4, 0.5) is 0 Å². The van der Waals surface area contributed by atoms with E-state index >= 15 is 0 Å². The number of hydrogen-bond donors (Lipinski definition) is 1. The van der Waals surface area contributed by atoms with Crippen LogP contribution >= 0.6 is 11.3 Å². The first-order chi connectivity index (χ1) is 10.3. The molecule has 1 amide bonds. The van der Waals surface area contributed by atoms with Crippen LogP contribution in [0, 0.1) is 0 Å². The lowest BCUT2D eigenvalue weighted by molar-refractivity contribution is 0.0954. The fraction of sp³-hybridized carbons (Fsp3) is 0.133. The average molecular weight is 298 g/mol. The largest absolute Gasteiger partial charge is 0.352 e. The van der Waals surface area contributed by atoms with E-state index in [1.54, 1.807) is 46.8 Å². The summed E-state index contributed by atoms with van der Waals surface area (Å²) in [4.78, 5) is 21.5.